The first kappa shape index (κ1) is 18.1. The number of amides is 1. The van der Waals surface area contributed by atoms with Crippen molar-refractivity contribution in [2.24, 2.45) is 0 Å². The zero-order valence-electron chi connectivity index (χ0n) is 13.5. The van der Waals surface area contributed by atoms with Crippen LogP contribution >= 0.6 is 0 Å². The minimum absolute atomic E-state index is 0.179. The van der Waals surface area contributed by atoms with Crippen molar-refractivity contribution in [3.05, 3.63) is 29.8 Å². The van der Waals surface area contributed by atoms with Crippen LogP contribution in [0.15, 0.2) is 29.2 Å². The number of carbonyl (C=O) groups is 2. The highest BCUT2D eigenvalue weighted by atomic mass is 32.2. The van der Waals surface area contributed by atoms with Gasteiger partial charge in [-0.05, 0) is 25.0 Å². The summed E-state index contributed by atoms with van der Waals surface area (Å²) in [6.07, 6.45) is 5.53. The molecular weight excluding hydrogens is 328 g/mol. The van der Waals surface area contributed by atoms with Crippen molar-refractivity contribution in [2.75, 3.05) is 12.9 Å². The second kappa shape index (κ2) is 8.06. The highest BCUT2D eigenvalue weighted by Crippen LogP contribution is 2.27. The molecule has 1 N–H and O–H groups in total. The van der Waals surface area contributed by atoms with Gasteiger partial charge in [-0.1, -0.05) is 31.4 Å². The fraction of sp³-hybridized carbons (Fsp3) is 0.471. The van der Waals surface area contributed by atoms with Crippen LogP contribution in [-0.2, 0) is 20.3 Å². The van der Waals surface area contributed by atoms with Crippen LogP contribution in [0.5, 0.6) is 0 Å². The molecule has 6 nitrogen and oxygen atoms in total. The van der Waals surface area contributed by atoms with Gasteiger partial charge < -0.3 is 10.1 Å². The molecule has 1 atom stereocenters. The lowest BCUT2D eigenvalue weighted by Crippen LogP contribution is -2.50. The number of nitrogens with one attached hydrogen (secondary N) is 1. The second-order valence-corrected chi connectivity index (χ2v) is 7.18. The number of rotatable bonds is 5. The molecule has 0 spiro atoms. The quantitative estimate of drug-likeness (QED) is 0.820. The van der Waals surface area contributed by atoms with Gasteiger partial charge in [-0.15, -0.1) is 0 Å². The molecule has 0 unspecified atom stereocenters. The van der Waals surface area contributed by atoms with E-state index in [4.69, 9.17) is 4.74 Å². The molecule has 0 aromatic heterocycles. The zero-order valence-corrected chi connectivity index (χ0v) is 14.4. The van der Waals surface area contributed by atoms with Crippen LogP contribution in [0.4, 0.5) is 0 Å². The molecule has 1 aromatic rings. The maximum atomic E-state index is 12.1. The number of hydrogen-bond acceptors (Lipinski definition) is 5. The summed E-state index contributed by atoms with van der Waals surface area (Å²) in [7, 11) is -1.33. The zero-order chi connectivity index (χ0) is 17.6. The smallest absolute Gasteiger partial charge is 0.339 e. The van der Waals surface area contributed by atoms with Gasteiger partial charge in [-0.25, -0.2) is 4.79 Å². The lowest BCUT2D eigenvalue weighted by atomic mass is 9.83. The van der Waals surface area contributed by atoms with Crippen molar-refractivity contribution in [1.29, 1.82) is 5.26 Å². The summed E-state index contributed by atoms with van der Waals surface area (Å²) >= 11 is 0. The fourth-order valence-electron chi connectivity index (χ4n) is 2.82. The molecule has 1 fully saturated rings. The van der Waals surface area contributed by atoms with Gasteiger partial charge in [0, 0.05) is 6.26 Å². The monoisotopic (exact) mass is 348 g/mol. The van der Waals surface area contributed by atoms with Crippen LogP contribution in [0.2, 0.25) is 0 Å². The van der Waals surface area contributed by atoms with E-state index in [1.807, 2.05) is 0 Å². The Bertz CT molecular complexity index is 690. The summed E-state index contributed by atoms with van der Waals surface area (Å²) < 4.78 is 16.7. The molecule has 1 saturated carbocycles. The van der Waals surface area contributed by atoms with Crippen molar-refractivity contribution in [2.45, 2.75) is 42.5 Å². The Balaban J connectivity index is 1.96. The first-order chi connectivity index (χ1) is 11.5. The van der Waals surface area contributed by atoms with E-state index in [0.717, 1.165) is 19.3 Å². The van der Waals surface area contributed by atoms with Crippen LogP contribution in [0.25, 0.3) is 0 Å². The van der Waals surface area contributed by atoms with Gasteiger partial charge in [0.1, 0.15) is 5.54 Å². The fourth-order valence-corrected chi connectivity index (χ4v) is 3.55. The summed E-state index contributed by atoms with van der Waals surface area (Å²) in [5.74, 6) is -1.20. The number of benzene rings is 1. The first-order valence-electron chi connectivity index (χ1n) is 7.79. The third-order valence-electron chi connectivity index (χ3n) is 4.05. The Kier molecular flexibility index (Phi) is 6.10. The minimum atomic E-state index is -1.33. The Morgan fingerprint density at radius 1 is 1.29 bits per heavy atom. The lowest BCUT2D eigenvalue weighted by Gasteiger charge is -2.31. The number of carbonyl (C=O) groups excluding carboxylic acids is 2. The largest absolute Gasteiger partial charge is 0.452 e. The van der Waals surface area contributed by atoms with Crippen molar-refractivity contribution in [1.82, 2.24) is 5.32 Å². The van der Waals surface area contributed by atoms with E-state index in [0.29, 0.717) is 17.7 Å². The molecule has 7 heteroatoms. The van der Waals surface area contributed by atoms with E-state index in [1.165, 1.54) is 12.3 Å². The van der Waals surface area contributed by atoms with Crippen molar-refractivity contribution in [3.8, 4) is 6.07 Å². The highest BCUT2D eigenvalue weighted by Gasteiger charge is 2.33. The van der Waals surface area contributed by atoms with E-state index in [9.17, 15) is 19.1 Å². The van der Waals surface area contributed by atoms with E-state index in [2.05, 4.69) is 11.4 Å². The Morgan fingerprint density at radius 3 is 2.58 bits per heavy atom. The van der Waals surface area contributed by atoms with Crippen LogP contribution in [0.3, 0.4) is 0 Å². The van der Waals surface area contributed by atoms with E-state index < -0.39 is 34.8 Å². The van der Waals surface area contributed by atoms with Crippen LogP contribution in [0, 0.1) is 11.3 Å². The summed E-state index contributed by atoms with van der Waals surface area (Å²) in [4.78, 5) is 24.5. The molecule has 128 valence electrons. The van der Waals surface area contributed by atoms with Gasteiger partial charge in [0.2, 0.25) is 0 Å². The van der Waals surface area contributed by atoms with Crippen molar-refractivity contribution < 1.29 is 18.5 Å². The van der Waals surface area contributed by atoms with E-state index >= 15 is 0 Å². The normalized spacial score (nSPS) is 17.3. The maximum absolute atomic E-state index is 12.1. The number of hydrogen-bond donors (Lipinski definition) is 1. The summed E-state index contributed by atoms with van der Waals surface area (Å²) in [6.45, 7) is -0.465. The average molecular weight is 348 g/mol. The molecule has 1 aliphatic rings. The third-order valence-corrected chi connectivity index (χ3v) is 5.03. The summed E-state index contributed by atoms with van der Waals surface area (Å²) in [5, 5.41) is 12.0. The van der Waals surface area contributed by atoms with Crippen LogP contribution < -0.4 is 5.32 Å². The molecule has 0 saturated heterocycles. The van der Waals surface area contributed by atoms with Crippen molar-refractivity contribution >= 4 is 22.7 Å². The van der Waals surface area contributed by atoms with Gasteiger partial charge in [0.15, 0.2) is 6.61 Å². The number of nitriles is 1. The van der Waals surface area contributed by atoms with E-state index in [1.54, 1.807) is 18.2 Å². The average Bonchev–Trinajstić information content (AvgIpc) is 2.60. The molecule has 0 aliphatic heterocycles. The van der Waals surface area contributed by atoms with Gasteiger partial charge in [-0.3, -0.25) is 9.00 Å². The molecular formula is C17H20N2O4S. The number of ether oxygens (including phenoxy) is 1. The Morgan fingerprint density at radius 2 is 1.96 bits per heavy atom. The molecule has 0 radical (unpaired) electrons. The first-order valence-corrected chi connectivity index (χ1v) is 9.35. The molecule has 2 rings (SSSR count). The number of esters is 1. The molecule has 0 heterocycles. The minimum Gasteiger partial charge on any atom is -0.452 e. The molecule has 1 amide bonds. The predicted molar refractivity (Wildman–Crippen MR) is 88.6 cm³/mol. The summed E-state index contributed by atoms with van der Waals surface area (Å²) in [6, 6.07) is 8.59. The van der Waals surface area contributed by atoms with Gasteiger partial charge >= 0.3 is 5.97 Å². The van der Waals surface area contributed by atoms with Crippen molar-refractivity contribution in [3.63, 3.8) is 0 Å². The number of nitrogens with zero attached hydrogens (tertiary/aromatic N) is 1. The maximum Gasteiger partial charge on any atom is 0.339 e. The standard InChI is InChI=1S/C17H20N2O4S/c1-24(22)14-8-4-3-7-13(14)16(21)23-11-15(20)19-17(12-18)9-5-2-6-10-17/h3-4,7-8H,2,5-6,9-11H2,1H3,(H,19,20)/t24-/m0/s1. The Hall–Kier alpha value is -2.20. The second-order valence-electron chi connectivity index (χ2n) is 5.83. The van der Waals surface area contributed by atoms with Gasteiger partial charge in [0.25, 0.3) is 5.91 Å². The molecule has 24 heavy (non-hydrogen) atoms. The Labute approximate surface area is 143 Å². The molecule has 0 bridgehead atoms. The molecule has 1 aromatic carbocycles. The lowest BCUT2D eigenvalue weighted by molar-refractivity contribution is -0.125. The SMILES string of the molecule is C[S@](=O)c1ccccc1C(=O)OCC(=O)NC1(C#N)CCCCC1. The third kappa shape index (κ3) is 4.42. The molecule has 1 aliphatic carbocycles. The highest BCUT2D eigenvalue weighted by molar-refractivity contribution is 7.84. The topological polar surface area (TPSA) is 96.3 Å². The summed E-state index contributed by atoms with van der Waals surface area (Å²) in [5.41, 5.74) is -0.677. The van der Waals surface area contributed by atoms with Crippen LogP contribution in [-0.4, -0.2) is 34.5 Å². The van der Waals surface area contributed by atoms with Crippen LogP contribution in [0.1, 0.15) is 42.5 Å². The van der Waals surface area contributed by atoms with Gasteiger partial charge in [-0.2, -0.15) is 5.26 Å². The van der Waals surface area contributed by atoms with E-state index in [-0.39, 0.29) is 5.56 Å². The van der Waals surface area contributed by atoms with Gasteiger partial charge in [0.05, 0.1) is 27.3 Å². The predicted octanol–water partition coefficient (Wildman–Crippen LogP) is 1.92.